The van der Waals surface area contributed by atoms with Crippen molar-refractivity contribution in [1.29, 1.82) is 0 Å². The molecule has 2 aliphatic rings. The monoisotopic (exact) mass is 504 g/mol. The molecule has 5 rings (SSSR count). The SMILES string of the molecule is O=C(Nc1cccc(-c2ccc(S(=O)(=O)N3CCC[C@@H]3CO)cc2)c1)C1(c2ccccc2)CCCC1. The summed E-state index contributed by atoms with van der Waals surface area (Å²) in [5, 5.41) is 12.7. The molecular formula is C29H32N2O4S. The maximum absolute atomic E-state index is 13.5. The topological polar surface area (TPSA) is 86.7 Å². The van der Waals surface area contributed by atoms with Gasteiger partial charge in [0.15, 0.2) is 0 Å². The minimum Gasteiger partial charge on any atom is -0.395 e. The molecule has 1 aliphatic heterocycles. The van der Waals surface area contributed by atoms with Gasteiger partial charge in [-0.1, -0.05) is 67.4 Å². The minimum absolute atomic E-state index is 0.0221. The Bertz CT molecular complexity index is 1320. The van der Waals surface area contributed by atoms with Crippen molar-refractivity contribution in [2.75, 3.05) is 18.5 Å². The molecule has 6 nitrogen and oxygen atoms in total. The molecule has 188 valence electrons. The van der Waals surface area contributed by atoms with E-state index >= 15 is 0 Å². The number of carbonyl (C=O) groups is 1. The summed E-state index contributed by atoms with van der Waals surface area (Å²) < 4.78 is 27.5. The third-order valence-corrected chi connectivity index (χ3v) is 9.63. The van der Waals surface area contributed by atoms with Crippen LogP contribution in [0.2, 0.25) is 0 Å². The molecule has 7 heteroatoms. The molecule has 1 saturated carbocycles. The Morgan fingerprint density at radius 2 is 1.64 bits per heavy atom. The zero-order valence-corrected chi connectivity index (χ0v) is 21.1. The molecule has 1 atom stereocenters. The number of aliphatic hydroxyl groups excluding tert-OH is 1. The van der Waals surface area contributed by atoms with Crippen molar-refractivity contribution in [2.24, 2.45) is 0 Å². The minimum atomic E-state index is -3.65. The second kappa shape index (κ2) is 10.2. The summed E-state index contributed by atoms with van der Waals surface area (Å²) in [5.41, 5.74) is 3.04. The highest BCUT2D eigenvalue weighted by molar-refractivity contribution is 7.89. The molecule has 1 aliphatic carbocycles. The lowest BCUT2D eigenvalue weighted by molar-refractivity contribution is -0.121. The number of nitrogens with one attached hydrogen (secondary N) is 1. The van der Waals surface area contributed by atoms with Crippen LogP contribution in [0.15, 0.2) is 83.8 Å². The molecule has 0 bridgehead atoms. The molecule has 0 spiro atoms. The molecule has 0 unspecified atom stereocenters. The van der Waals surface area contributed by atoms with E-state index in [9.17, 15) is 18.3 Å². The van der Waals surface area contributed by atoms with Crippen LogP contribution in [0.25, 0.3) is 11.1 Å². The Balaban J connectivity index is 1.36. The Hall–Kier alpha value is -3.00. The van der Waals surface area contributed by atoms with Gasteiger partial charge in [-0.05, 0) is 66.6 Å². The van der Waals surface area contributed by atoms with Gasteiger partial charge in [-0.3, -0.25) is 4.79 Å². The molecule has 1 amide bonds. The molecule has 2 N–H and O–H groups in total. The zero-order chi connectivity index (χ0) is 25.2. The van der Waals surface area contributed by atoms with E-state index in [0.29, 0.717) is 13.0 Å². The van der Waals surface area contributed by atoms with Crippen molar-refractivity contribution in [3.8, 4) is 11.1 Å². The smallest absolute Gasteiger partial charge is 0.243 e. The van der Waals surface area contributed by atoms with Gasteiger partial charge in [0.1, 0.15) is 0 Å². The van der Waals surface area contributed by atoms with Crippen LogP contribution in [0.1, 0.15) is 44.1 Å². The number of hydrogen-bond donors (Lipinski definition) is 2. The van der Waals surface area contributed by atoms with Gasteiger partial charge < -0.3 is 10.4 Å². The lowest BCUT2D eigenvalue weighted by atomic mass is 9.78. The molecule has 1 heterocycles. The van der Waals surface area contributed by atoms with Crippen LogP contribution in [-0.4, -0.2) is 42.9 Å². The quantitative estimate of drug-likeness (QED) is 0.477. The van der Waals surface area contributed by atoms with Gasteiger partial charge in [0, 0.05) is 18.3 Å². The van der Waals surface area contributed by atoms with Crippen LogP contribution < -0.4 is 5.32 Å². The average molecular weight is 505 g/mol. The summed E-state index contributed by atoms with van der Waals surface area (Å²) in [7, 11) is -3.65. The fraction of sp³-hybridized carbons (Fsp3) is 0.345. The first-order valence-electron chi connectivity index (χ1n) is 12.6. The highest BCUT2D eigenvalue weighted by Gasteiger charge is 2.42. The summed E-state index contributed by atoms with van der Waals surface area (Å²) in [6, 6.07) is 24.2. The first-order chi connectivity index (χ1) is 17.4. The summed E-state index contributed by atoms with van der Waals surface area (Å²) in [6.07, 6.45) is 5.19. The maximum Gasteiger partial charge on any atom is 0.243 e. The standard InChI is InChI=1S/C29H32N2O4S/c32-21-26-12-7-19-31(26)36(34,35)27-15-13-22(14-16-27)23-8-6-11-25(20-23)30-28(33)29(17-4-5-18-29)24-9-2-1-3-10-24/h1-3,6,8-11,13-16,20,26,32H,4-5,7,12,17-19,21H2,(H,30,33)/t26-/m1/s1. The summed E-state index contributed by atoms with van der Waals surface area (Å²) in [6.45, 7) is 0.267. The molecule has 0 aromatic heterocycles. The van der Waals surface area contributed by atoms with E-state index in [4.69, 9.17) is 0 Å². The first-order valence-corrected chi connectivity index (χ1v) is 14.1. The normalized spacial score (nSPS) is 19.9. The van der Waals surface area contributed by atoms with Gasteiger partial charge in [0.05, 0.1) is 16.9 Å². The second-order valence-electron chi connectivity index (χ2n) is 9.81. The maximum atomic E-state index is 13.5. The molecule has 3 aromatic carbocycles. The van der Waals surface area contributed by atoms with E-state index in [1.54, 1.807) is 24.3 Å². The fourth-order valence-electron chi connectivity index (χ4n) is 5.67. The van der Waals surface area contributed by atoms with Crippen molar-refractivity contribution in [2.45, 2.75) is 54.9 Å². The molecule has 0 radical (unpaired) electrons. The van der Waals surface area contributed by atoms with Gasteiger partial charge in [-0.2, -0.15) is 4.31 Å². The number of rotatable bonds is 7. The number of benzene rings is 3. The summed E-state index contributed by atoms with van der Waals surface area (Å²) in [5.74, 6) is 0.0221. The predicted molar refractivity (Wildman–Crippen MR) is 141 cm³/mol. The van der Waals surface area contributed by atoms with Crippen LogP contribution >= 0.6 is 0 Å². The predicted octanol–water partition coefficient (Wildman–Crippen LogP) is 4.95. The molecule has 1 saturated heterocycles. The third-order valence-electron chi connectivity index (χ3n) is 7.67. The molecular weight excluding hydrogens is 472 g/mol. The van der Waals surface area contributed by atoms with E-state index < -0.39 is 15.4 Å². The van der Waals surface area contributed by atoms with Crippen molar-refractivity contribution < 1.29 is 18.3 Å². The van der Waals surface area contributed by atoms with Crippen LogP contribution in [0.4, 0.5) is 5.69 Å². The van der Waals surface area contributed by atoms with Crippen molar-refractivity contribution in [3.05, 3.63) is 84.4 Å². The number of sulfonamides is 1. The largest absolute Gasteiger partial charge is 0.395 e. The summed E-state index contributed by atoms with van der Waals surface area (Å²) >= 11 is 0. The van der Waals surface area contributed by atoms with Gasteiger partial charge in [0.25, 0.3) is 0 Å². The van der Waals surface area contributed by atoms with Crippen LogP contribution in [-0.2, 0) is 20.2 Å². The van der Waals surface area contributed by atoms with Gasteiger partial charge in [0.2, 0.25) is 15.9 Å². The molecule has 3 aromatic rings. The highest BCUT2D eigenvalue weighted by atomic mass is 32.2. The van der Waals surface area contributed by atoms with Crippen molar-refractivity contribution in [1.82, 2.24) is 4.31 Å². The zero-order valence-electron chi connectivity index (χ0n) is 20.3. The summed E-state index contributed by atoms with van der Waals surface area (Å²) in [4.78, 5) is 13.7. The van der Waals surface area contributed by atoms with E-state index in [1.807, 2.05) is 54.6 Å². The van der Waals surface area contributed by atoms with Crippen LogP contribution in [0, 0.1) is 0 Å². The Morgan fingerprint density at radius 3 is 2.33 bits per heavy atom. The van der Waals surface area contributed by atoms with Gasteiger partial charge in [-0.15, -0.1) is 0 Å². The number of nitrogens with zero attached hydrogens (tertiary/aromatic N) is 1. The lowest BCUT2D eigenvalue weighted by Crippen LogP contribution is -2.37. The fourth-order valence-corrected chi connectivity index (χ4v) is 7.36. The highest BCUT2D eigenvalue weighted by Crippen LogP contribution is 2.42. The van der Waals surface area contributed by atoms with Crippen molar-refractivity contribution in [3.63, 3.8) is 0 Å². The van der Waals surface area contributed by atoms with Crippen LogP contribution in [0.5, 0.6) is 0 Å². The van der Waals surface area contributed by atoms with E-state index in [0.717, 1.165) is 54.5 Å². The van der Waals surface area contributed by atoms with E-state index in [1.165, 1.54) is 4.31 Å². The molecule has 36 heavy (non-hydrogen) atoms. The Morgan fingerprint density at radius 1 is 0.917 bits per heavy atom. The number of amides is 1. The van der Waals surface area contributed by atoms with Gasteiger partial charge >= 0.3 is 0 Å². The molecule has 2 fully saturated rings. The van der Waals surface area contributed by atoms with Gasteiger partial charge in [-0.25, -0.2) is 8.42 Å². The van der Waals surface area contributed by atoms with E-state index in [-0.39, 0.29) is 23.5 Å². The average Bonchev–Trinajstić information content (AvgIpc) is 3.61. The lowest BCUT2D eigenvalue weighted by Gasteiger charge is -2.28. The number of hydrogen-bond acceptors (Lipinski definition) is 4. The Labute approximate surface area is 213 Å². The third kappa shape index (κ3) is 4.59. The second-order valence-corrected chi connectivity index (χ2v) is 11.7. The number of carbonyl (C=O) groups excluding carboxylic acids is 1. The first kappa shape index (κ1) is 24.7. The van der Waals surface area contributed by atoms with Crippen molar-refractivity contribution >= 4 is 21.6 Å². The Kier molecular flexibility index (Phi) is 6.97. The number of anilines is 1. The van der Waals surface area contributed by atoms with E-state index in [2.05, 4.69) is 5.32 Å². The van der Waals surface area contributed by atoms with Crippen LogP contribution in [0.3, 0.4) is 0 Å². The number of aliphatic hydroxyl groups is 1.